The highest BCUT2D eigenvalue weighted by Gasteiger charge is 2.34. The Balaban J connectivity index is 2.56. The van der Waals surface area contributed by atoms with Gasteiger partial charge in [-0.2, -0.15) is 5.26 Å². The monoisotopic (exact) mass is 151 g/mol. The number of nitrogens with zero attached hydrogens (tertiary/aromatic N) is 1. The summed E-state index contributed by atoms with van der Waals surface area (Å²) in [6, 6.07) is 2.42. The van der Waals surface area contributed by atoms with Crippen LogP contribution in [-0.4, -0.2) is 0 Å². The molecule has 1 aliphatic carbocycles. The quantitative estimate of drug-likeness (QED) is 0.522. The summed E-state index contributed by atoms with van der Waals surface area (Å²) >= 11 is 0. The molecule has 0 saturated heterocycles. The molecule has 1 rings (SSSR count). The first-order valence-corrected chi connectivity index (χ1v) is 4.39. The van der Waals surface area contributed by atoms with Crippen LogP contribution in [0.25, 0.3) is 0 Å². The first-order chi connectivity index (χ1) is 4.97. The molecule has 1 heteroatoms. The molecule has 1 saturated carbocycles. The molecule has 1 fully saturated rings. The molecule has 0 bridgehead atoms. The molecule has 0 aromatic rings. The van der Waals surface area contributed by atoms with Gasteiger partial charge in [0, 0.05) is 0 Å². The van der Waals surface area contributed by atoms with E-state index in [1.807, 2.05) is 0 Å². The van der Waals surface area contributed by atoms with E-state index in [1.165, 1.54) is 12.8 Å². The van der Waals surface area contributed by atoms with Gasteiger partial charge in [0.15, 0.2) is 0 Å². The minimum Gasteiger partial charge on any atom is -0.198 e. The smallest absolute Gasteiger partial charge is 0.0686 e. The largest absolute Gasteiger partial charge is 0.198 e. The molecule has 0 amide bonds. The van der Waals surface area contributed by atoms with Gasteiger partial charge in [-0.05, 0) is 38.0 Å². The summed E-state index contributed by atoms with van der Waals surface area (Å²) < 4.78 is 0. The minimum atomic E-state index is -0.0183. The summed E-state index contributed by atoms with van der Waals surface area (Å²) in [5, 5.41) is 8.87. The predicted octanol–water partition coefficient (Wildman–Crippen LogP) is 3.12. The lowest BCUT2D eigenvalue weighted by molar-refractivity contribution is 0.160. The van der Waals surface area contributed by atoms with Crippen molar-refractivity contribution >= 4 is 0 Å². The third kappa shape index (κ3) is 1.96. The summed E-state index contributed by atoms with van der Waals surface area (Å²) in [5.41, 5.74) is 0.464. The fourth-order valence-corrected chi connectivity index (χ4v) is 1.59. The van der Waals surface area contributed by atoms with Gasteiger partial charge in [-0.3, -0.25) is 0 Å². The van der Waals surface area contributed by atoms with Crippen LogP contribution in [0.4, 0.5) is 0 Å². The fourth-order valence-electron chi connectivity index (χ4n) is 1.59. The summed E-state index contributed by atoms with van der Waals surface area (Å²) in [7, 11) is 0. The van der Waals surface area contributed by atoms with Crippen LogP contribution < -0.4 is 0 Å². The van der Waals surface area contributed by atoms with Gasteiger partial charge in [-0.15, -0.1) is 0 Å². The number of nitriles is 1. The maximum Gasteiger partial charge on any atom is 0.0686 e. The molecule has 0 unspecified atom stereocenters. The predicted molar refractivity (Wildman–Crippen MR) is 46.0 cm³/mol. The second-order valence-electron chi connectivity index (χ2n) is 4.84. The van der Waals surface area contributed by atoms with Gasteiger partial charge in [0.25, 0.3) is 0 Å². The molecule has 0 N–H and O–H groups in total. The van der Waals surface area contributed by atoms with E-state index in [-0.39, 0.29) is 5.41 Å². The summed E-state index contributed by atoms with van der Waals surface area (Å²) in [6.07, 6.45) is 4.57. The van der Waals surface area contributed by atoms with E-state index < -0.39 is 0 Å². The minimum absolute atomic E-state index is 0.0183. The van der Waals surface area contributed by atoms with E-state index in [1.54, 1.807) is 0 Å². The van der Waals surface area contributed by atoms with Gasteiger partial charge < -0.3 is 0 Å². The van der Waals surface area contributed by atoms with Crippen molar-refractivity contribution in [3.8, 4) is 6.07 Å². The van der Waals surface area contributed by atoms with Crippen LogP contribution in [0, 0.1) is 22.2 Å². The lowest BCUT2D eigenvalue weighted by Gasteiger charge is -2.37. The highest BCUT2D eigenvalue weighted by atomic mass is 14.4. The van der Waals surface area contributed by atoms with Crippen molar-refractivity contribution in [3.05, 3.63) is 0 Å². The van der Waals surface area contributed by atoms with Crippen LogP contribution in [0.15, 0.2) is 0 Å². The van der Waals surface area contributed by atoms with E-state index in [0.717, 1.165) is 12.8 Å². The Morgan fingerprint density at radius 3 is 1.82 bits per heavy atom. The Hall–Kier alpha value is -0.510. The van der Waals surface area contributed by atoms with E-state index in [2.05, 4.69) is 26.8 Å². The van der Waals surface area contributed by atoms with Gasteiger partial charge in [0.2, 0.25) is 0 Å². The van der Waals surface area contributed by atoms with Gasteiger partial charge in [0.1, 0.15) is 0 Å². The number of hydrogen-bond donors (Lipinski definition) is 0. The second kappa shape index (κ2) is 2.52. The maximum atomic E-state index is 8.87. The van der Waals surface area contributed by atoms with E-state index in [0.29, 0.717) is 5.41 Å². The van der Waals surface area contributed by atoms with Crippen LogP contribution in [0.1, 0.15) is 46.5 Å². The lowest BCUT2D eigenvalue weighted by atomic mass is 9.67. The Morgan fingerprint density at radius 2 is 1.45 bits per heavy atom. The first kappa shape index (κ1) is 8.59. The molecule has 0 aromatic heterocycles. The zero-order chi connectivity index (χ0) is 8.54. The average Bonchev–Trinajstić information content (AvgIpc) is 1.97. The first-order valence-electron chi connectivity index (χ1n) is 4.39. The van der Waals surface area contributed by atoms with Crippen molar-refractivity contribution in [2.24, 2.45) is 10.8 Å². The van der Waals surface area contributed by atoms with Crippen LogP contribution in [0.5, 0.6) is 0 Å². The van der Waals surface area contributed by atoms with Crippen molar-refractivity contribution in [3.63, 3.8) is 0 Å². The summed E-state index contributed by atoms with van der Waals surface area (Å²) in [5.74, 6) is 0. The Bertz CT molecular complexity index is 176. The van der Waals surface area contributed by atoms with Crippen LogP contribution in [0.3, 0.4) is 0 Å². The van der Waals surface area contributed by atoms with Crippen LogP contribution >= 0.6 is 0 Å². The van der Waals surface area contributed by atoms with E-state index >= 15 is 0 Å². The van der Waals surface area contributed by atoms with Crippen molar-refractivity contribution < 1.29 is 0 Å². The van der Waals surface area contributed by atoms with E-state index in [9.17, 15) is 0 Å². The zero-order valence-corrected chi connectivity index (χ0v) is 7.78. The molecule has 0 heterocycles. The Labute approximate surface area is 69.4 Å². The van der Waals surface area contributed by atoms with Crippen molar-refractivity contribution in [1.82, 2.24) is 0 Å². The highest BCUT2D eigenvalue weighted by Crippen LogP contribution is 2.44. The van der Waals surface area contributed by atoms with Gasteiger partial charge >= 0.3 is 0 Å². The zero-order valence-electron chi connectivity index (χ0n) is 7.78. The van der Waals surface area contributed by atoms with Crippen LogP contribution in [0.2, 0.25) is 0 Å². The molecule has 0 radical (unpaired) electrons. The maximum absolute atomic E-state index is 8.87. The topological polar surface area (TPSA) is 23.8 Å². The molecular weight excluding hydrogens is 134 g/mol. The molecular formula is C10H17N. The molecule has 0 aromatic carbocycles. The van der Waals surface area contributed by atoms with Crippen molar-refractivity contribution in [2.45, 2.75) is 46.5 Å². The van der Waals surface area contributed by atoms with Crippen molar-refractivity contribution in [1.29, 1.82) is 5.26 Å². The molecule has 0 aliphatic heterocycles. The van der Waals surface area contributed by atoms with Crippen molar-refractivity contribution in [2.75, 3.05) is 0 Å². The number of hydrogen-bond acceptors (Lipinski definition) is 1. The third-order valence-corrected chi connectivity index (χ3v) is 2.98. The SMILES string of the molecule is CC1(C)CCC(C)(C#N)CC1. The average molecular weight is 151 g/mol. The Kier molecular flexibility index (Phi) is 1.96. The standard InChI is InChI=1S/C10H17N/c1-9(2)4-6-10(3,8-11)7-5-9/h4-7H2,1-3H3. The molecule has 0 spiro atoms. The normalized spacial score (nSPS) is 27.5. The second-order valence-corrected chi connectivity index (χ2v) is 4.84. The molecule has 62 valence electrons. The van der Waals surface area contributed by atoms with E-state index in [4.69, 9.17) is 5.26 Å². The Morgan fingerprint density at radius 1 is 1.00 bits per heavy atom. The molecule has 0 atom stereocenters. The highest BCUT2D eigenvalue weighted by molar-refractivity contribution is 4.99. The number of rotatable bonds is 0. The van der Waals surface area contributed by atoms with Gasteiger partial charge in [-0.1, -0.05) is 13.8 Å². The van der Waals surface area contributed by atoms with Crippen LogP contribution in [-0.2, 0) is 0 Å². The van der Waals surface area contributed by atoms with Gasteiger partial charge in [0.05, 0.1) is 11.5 Å². The summed E-state index contributed by atoms with van der Waals surface area (Å²) in [6.45, 7) is 6.68. The molecule has 1 aliphatic rings. The third-order valence-electron chi connectivity index (χ3n) is 2.98. The molecule has 1 nitrogen and oxygen atoms in total. The summed E-state index contributed by atoms with van der Waals surface area (Å²) in [4.78, 5) is 0. The fraction of sp³-hybridized carbons (Fsp3) is 0.900. The lowest BCUT2D eigenvalue weighted by Crippen LogP contribution is -2.27. The van der Waals surface area contributed by atoms with Gasteiger partial charge in [-0.25, -0.2) is 0 Å². The molecule has 11 heavy (non-hydrogen) atoms.